The third-order valence-corrected chi connectivity index (χ3v) is 6.03. The molecule has 1 heterocycles. The van der Waals surface area contributed by atoms with Crippen LogP contribution < -0.4 is 9.46 Å². The van der Waals surface area contributed by atoms with Crippen LogP contribution in [0, 0.1) is 5.82 Å². The Morgan fingerprint density at radius 3 is 2.48 bits per heavy atom. The normalized spacial score (nSPS) is 16.8. The lowest BCUT2D eigenvalue weighted by molar-refractivity contribution is 0.0172. The first-order valence-corrected chi connectivity index (χ1v) is 10.2. The van der Waals surface area contributed by atoms with Gasteiger partial charge in [0.25, 0.3) is 0 Å². The molecule has 0 spiro atoms. The van der Waals surface area contributed by atoms with Gasteiger partial charge in [0.1, 0.15) is 16.5 Å². The number of nitrogens with one attached hydrogen (secondary N) is 1. The van der Waals surface area contributed by atoms with Crippen LogP contribution >= 0.6 is 0 Å². The zero-order valence-electron chi connectivity index (χ0n) is 15.1. The molecule has 6 nitrogen and oxygen atoms in total. The molecule has 2 aromatic rings. The minimum absolute atomic E-state index is 0.0901. The lowest BCUT2D eigenvalue weighted by Gasteiger charge is -2.35. The molecule has 1 atom stereocenters. The Kier molecular flexibility index (Phi) is 6.43. The van der Waals surface area contributed by atoms with Crippen molar-refractivity contribution in [2.45, 2.75) is 10.9 Å². The van der Waals surface area contributed by atoms with Crippen molar-refractivity contribution in [3.05, 3.63) is 59.9 Å². The van der Waals surface area contributed by atoms with Crippen molar-refractivity contribution in [3.63, 3.8) is 0 Å². The number of benzene rings is 2. The fourth-order valence-corrected chi connectivity index (χ4v) is 4.35. The van der Waals surface area contributed by atoms with Gasteiger partial charge in [-0.15, -0.1) is 0 Å². The Bertz CT molecular complexity index is 852. The lowest BCUT2D eigenvalue weighted by Crippen LogP contribution is -2.43. The molecule has 0 radical (unpaired) electrons. The highest BCUT2D eigenvalue weighted by atomic mass is 32.2. The van der Waals surface area contributed by atoms with Crippen LogP contribution in [-0.2, 0) is 14.8 Å². The number of ether oxygens (including phenoxy) is 2. The number of rotatable bonds is 7. The number of sulfonamides is 1. The summed E-state index contributed by atoms with van der Waals surface area (Å²) < 4.78 is 52.1. The van der Waals surface area contributed by atoms with Gasteiger partial charge in [0, 0.05) is 25.7 Å². The summed E-state index contributed by atoms with van der Waals surface area (Å²) in [6.45, 7) is 2.68. The molecule has 1 saturated heterocycles. The summed E-state index contributed by atoms with van der Waals surface area (Å²) in [4.78, 5) is 2.23. The molecule has 0 amide bonds. The first-order valence-electron chi connectivity index (χ1n) is 8.71. The Labute approximate surface area is 159 Å². The van der Waals surface area contributed by atoms with Crippen LogP contribution in [0.5, 0.6) is 5.75 Å². The SMILES string of the molecule is COc1ccccc1S(=O)(=O)NCC(c1ccc(F)cc1)N1CCOCC1. The van der Waals surface area contributed by atoms with E-state index in [4.69, 9.17) is 9.47 Å². The number of para-hydroxylation sites is 1. The molecule has 1 aliphatic rings. The van der Waals surface area contributed by atoms with Gasteiger partial charge in [-0.1, -0.05) is 24.3 Å². The highest BCUT2D eigenvalue weighted by Gasteiger charge is 2.26. The van der Waals surface area contributed by atoms with Crippen molar-refractivity contribution in [2.24, 2.45) is 0 Å². The maximum atomic E-state index is 13.3. The predicted molar refractivity (Wildman–Crippen MR) is 99.7 cm³/mol. The summed E-state index contributed by atoms with van der Waals surface area (Å²) in [7, 11) is -2.33. The third-order valence-electron chi connectivity index (χ3n) is 4.57. The van der Waals surface area contributed by atoms with Crippen LogP contribution in [0.4, 0.5) is 4.39 Å². The van der Waals surface area contributed by atoms with Gasteiger partial charge in [-0.25, -0.2) is 17.5 Å². The standard InChI is InChI=1S/C19H23FN2O4S/c1-25-18-4-2-3-5-19(18)27(23,24)21-14-17(22-10-12-26-13-11-22)15-6-8-16(20)9-7-15/h2-9,17,21H,10-14H2,1H3. The molecule has 0 aromatic heterocycles. The summed E-state index contributed by atoms with van der Waals surface area (Å²) in [5.41, 5.74) is 0.848. The van der Waals surface area contributed by atoms with Gasteiger partial charge in [-0.2, -0.15) is 0 Å². The van der Waals surface area contributed by atoms with E-state index in [0.717, 1.165) is 5.56 Å². The molecular formula is C19H23FN2O4S. The zero-order chi connectivity index (χ0) is 19.3. The van der Waals surface area contributed by atoms with Crippen LogP contribution in [0.25, 0.3) is 0 Å². The van der Waals surface area contributed by atoms with Crippen molar-refractivity contribution >= 4 is 10.0 Å². The average Bonchev–Trinajstić information content (AvgIpc) is 2.70. The maximum Gasteiger partial charge on any atom is 0.244 e. The fourth-order valence-electron chi connectivity index (χ4n) is 3.14. The largest absolute Gasteiger partial charge is 0.495 e. The molecular weight excluding hydrogens is 371 g/mol. The number of hydrogen-bond acceptors (Lipinski definition) is 5. The predicted octanol–water partition coefficient (Wildman–Crippen LogP) is 2.19. The van der Waals surface area contributed by atoms with E-state index >= 15 is 0 Å². The first kappa shape index (κ1) is 19.8. The molecule has 0 aliphatic carbocycles. The Hall–Kier alpha value is -2.00. The second-order valence-electron chi connectivity index (χ2n) is 6.22. The van der Waals surface area contributed by atoms with Gasteiger partial charge in [-0.3, -0.25) is 4.90 Å². The molecule has 2 aromatic carbocycles. The number of hydrogen-bond donors (Lipinski definition) is 1. The van der Waals surface area contributed by atoms with Crippen LogP contribution in [-0.4, -0.2) is 53.3 Å². The fraction of sp³-hybridized carbons (Fsp3) is 0.368. The molecule has 1 fully saturated rings. The summed E-state index contributed by atoms with van der Waals surface area (Å²) in [6, 6.07) is 12.4. The molecule has 1 aliphatic heterocycles. The number of methoxy groups -OCH3 is 1. The van der Waals surface area contributed by atoms with E-state index in [1.54, 1.807) is 30.3 Å². The van der Waals surface area contributed by atoms with E-state index in [1.807, 2.05) is 0 Å². The topological polar surface area (TPSA) is 67.9 Å². The van der Waals surface area contributed by atoms with E-state index in [1.165, 1.54) is 25.3 Å². The monoisotopic (exact) mass is 394 g/mol. The minimum atomic E-state index is -3.76. The zero-order valence-corrected chi connectivity index (χ0v) is 15.9. The van der Waals surface area contributed by atoms with Crippen LogP contribution in [0.2, 0.25) is 0 Å². The molecule has 0 saturated carbocycles. The average molecular weight is 394 g/mol. The van der Waals surface area contributed by atoms with Crippen molar-refractivity contribution in [2.75, 3.05) is 40.0 Å². The second kappa shape index (κ2) is 8.79. The number of halogens is 1. The molecule has 8 heteroatoms. The summed E-state index contributed by atoms with van der Waals surface area (Å²) in [5.74, 6) is -0.0382. The van der Waals surface area contributed by atoms with Gasteiger partial charge >= 0.3 is 0 Å². The lowest BCUT2D eigenvalue weighted by atomic mass is 10.0. The molecule has 27 heavy (non-hydrogen) atoms. The van der Waals surface area contributed by atoms with E-state index < -0.39 is 10.0 Å². The van der Waals surface area contributed by atoms with Gasteiger partial charge in [0.05, 0.1) is 20.3 Å². The van der Waals surface area contributed by atoms with E-state index in [0.29, 0.717) is 26.3 Å². The Morgan fingerprint density at radius 2 is 1.81 bits per heavy atom. The second-order valence-corrected chi connectivity index (χ2v) is 7.95. The quantitative estimate of drug-likeness (QED) is 0.780. The smallest absolute Gasteiger partial charge is 0.244 e. The minimum Gasteiger partial charge on any atom is -0.495 e. The molecule has 1 unspecified atom stereocenters. The van der Waals surface area contributed by atoms with E-state index in [2.05, 4.69) is 9.62 Å². The molecule has 146 valence electrons. The molecule has 3 rings (SSSR count). The summed E-state index contributed by atoms with van der Waals surface area (Å²) in [6.07, 6.45) is 0. The first-order chi connectivity index (χ1) is 13.0. The highest BCUT2D eigenvalue weighted by Crippen LogP contribution is 2.25. The summed E-state index contributed by atoms with van der Waals surface area (Å²) >= 11 is 0. The molecule has 1 N–H and O–H groups in total. The van der Waals surface area contributed by atoms with Crippen molar-refractivity contribution in [1.29, 1.82) is 0 Å². The highest BCUT2D eigenvalue weighted by molar-refractivity contribution is 7.89. The van der Waals surface area contributed by atoms with Gasteiger partial charge in [-0.05, 0) is 29.8 Å². The van der Waals surface area contributed by atoms with Crippen LogP contribution in [0.15, 0.2) is 53.4 Å². The van der Waals surface area contributed by atoms with E-state index in [-0.39, 0.29) is 29.0 Å². The van der Waals surface area contributed by atoms with Crippen molar-refractivity contribution in [3.8, 4) is 5.75 Å². The van der Waals surface area contributed by atoms with Gasteiger partial charge in [0.15, 0.2) is 0 Å². The maximum absolute atomic E-state index is 13.3. The molecule has 0 bridgehead atoms. The van der Waals surface area contributed by atoms with Crippen LogP contribution in [0.3, 0.4) is 0 Å². The summed E-state index contributed by atoms with van der Waals surface area (Å²) in [5, 5.41) is 0. The van der Waals surface area contributed by atoms with Crippen molar-refractivity contribution < 1.29 is 22.3 Å². The van der Waals surface area contributed by atoms with Crippen LogP contribution in [0.1, 0.15) is 11.6 Å². The Balaban J connectivity index is 1.82. The van der Waals surface area contributed by atoms with Gasteiger partial charge in [0.2, 0.25) is 10.0 Å². The van der Waals surface area contributed by atoms with E-state index in [9.17, 15) is 12.8 Å². The Morgan fingerprint density at radius 1 is 1.15 bits per heavy atom. The third kappa shape index (κ3) is 4.84. The van der Waals surface area contributed by atoms with Crippen molar-refractivity contribution in [1.82, 2.24) is 9.62 Å². The number of nitrogens with zero attached hydrogens (tertiary/aromatic N) is 1. The number of morpholine rings is 1. The van der Waals surface area contributed by atoms with Gasteiger partial charge < -0.3 is 9.47 Å².